The Balaban J connectivity index is 2.99. The summed E-state index contributed by atoms with van der Waals surface area (Å²) in [5, 5.41) is 0. The van der Waals surface area contributed by atoms with Gasteiger partial charge in [0.2, 0.25) is 0 Å². The average molecular weight is 152 g/mol. The van der Waals surface area contributed by atoms with Gasteiger partial charge in [-0.1, -0.05) is 0 Å². The Kier molecular flexibility index (Phi) is 1.94. The van der Waals surface area contributed by atoms with E-state index in [0.717, 1.165) is 0 Å². The van der Waals surface area contributed by atoms with Gasteiger partial charge < -0.3 is 9.80 Å². The van der Waals surface area contributed by atoms with Gasteiger partial charge in [-0.15, -0.1) is 0 Å². The first-order chi connectivity index (χ1) is 5.04. The highest BCUT2D eigenvalue weighted by molar-refractivity contribution is 5.22. The van der Waals surface area contributed by atoms with Crippen LogP contribution in [0.1, 0.15) is 20.8 Å². The van der Waals surface area contributed by atoms with Crippen LogP contribution in [0.2, 0.25) is 0 Å². The second-order valence-electron chi connectivity index (χ2n) is 3.26. The second-order valence-corrected chi connectivity index (χ2v) is 3.26. The van der Waals surface area contributed by atoms with Gasteiger partial charge in [0.25, 0.3) is 0 Å². The Bertz CT molecular complexity index is 222. The van der Waals surface area contributed by atoms with Crippen molar-refractivity contribution in [2.24, 2.45) is 0 Å². The smallest absolute Gasteiger partial charge is 0.110 e. The molecule has 0 fully saturated rings. The van der Waals surface area contributed by atoms with E-state index in [0.29, 0.717) is 0 Å². The Morgan fingerprint density at radius 3 is 2.00 bits per heavy atom. The topological polar surface area (TPSA) is 6.48 Å². The number of allylic oxidation sites excluding steroid dienone is 2. The van der Waals surface area contributed by atoms with Gasteiger partial charge in [-0.25, -0.2) is 0 Å². The lowest BCUT2D eigenvalue weighted by atomic mass is 10.3. The van der Waals surface area contributed by atoms with Crippen LogP contribution in [0.3, 0.4) is 0 Å². The fourth-order valence-electron chi connectivity index (χ4n) is 1.52. The molecule has 1 aliphatic heterocycles. The molecule has 0 spiro atoms. The second kappa shape index (κ2) is 2.61. The van der Waals surface area contributed by atoms with Crippen LogP contribution in [-0.4, -0.2) is 23.9 Å². The number of hydrogen-bond acceptors (Lipinski definition) is 2. The third-order valence-electron chi connectivity index (χ3n) is 2.01. The van der Waals surface area contributed by atoms with Crippen molar-refractivity contribution in [2.45, 2.75) is 20.8 Å². The van der Waals surface area contributed by atoms with Gasteiger partial charge in [-0.3, -0.25) is 0 Å². The largest absolute Gasteiger partial charge is 0.336 e. The summed E-state index contributed by atoms with van der Waals surface area (Å²) in [5.74, 6) is 1.29. The molecular weight excluding hydrogens is 136 g/mol. The quantitative estimate of drug-likeness (QED) is 0.523. The monoisotopic (exact) mass is 152 g/mol. The lowest BCUT2D eigenvalue weighted by Crippen LogP contribution is -2.18. The van der Waals surface area contributed by atoms with E-state index in [1.54, 1.807) is 0 Å². The van der Waals surface area contributed by atoms with Crippen LogP contribution < -0.4 is 0 Å². The molecule has 0 aromatic rings. The Labute approximate surface area is 68.8 Å². The summed E-state index contributed by atoms with van der Waals surface area (Å²) in [6.07, 6.45) is 2.14. The van der Waals surface area contributed by atoms with Crippen molar-refractivity contribution in [3.8, 4) is 0 Å². The molecule has 0 bridgehead atoms. The first-order valence-electron chi connectivity index (χ1n) is 3.86. The predicted molar refractivity (Wildman–Crippen MR) is 47.7 cm³/mol. The molecule has 0 N–H and O–H groups in total. The molecule has 11 heavy (non-hydrogen) atoms. The molecule has 0 unspecified atom stereocenters. The van der Waals surface area contributed by atoms with Crippen molar-refractivity contribution >= 4 is 0 Å². The Hall–Kier alpha value is -0.920. The van der Waals surface area contributed by atoms with E-state index in [2.05, 4.69) is 50.9 Å². The highest BCUT2D eigenvalue weighted by atomic mass is 15.3. The first-order valence-corrected chi connectivity index (χ1v) is 3.86. The van der Waals surface area contributed by atoms with Gasteiger partial charge in [0.1, 0.15) is 5.82 Å². The van der Waals surface area contributed by atoms with Crippen molar-refractivity contribution in [1.82, 2.24) is 9.80 Å². The maximum atomic E-state index is 2.20. The standard InChI is InChI=1S/C9H16N2/c1-7(2)9-10(4)6-8(3)11(9)5/h6H,1-5H3. The van der Waals surface area contributed by atoms with E-state index in [4.69, 9.17) is 0 Å². The van der Waals surface area contributed by atoms with Gasteiger partial charge in [0.15, 0.2) is 0 Å². The van der Waals surface area contributed by atoms with Crippen LogP contribution in [0.15, 0.2) is 23.3 Å². The maximum absolute atomic E-state index is 2.20. The summed E-state index contributed by atoms with van der Waals surface area (Å²) in [5.41, 5.74) is 2.65. The predicted octanol–water partition coefficient (Wildman–Crippen LogP) is 1.98. The summed E-state index contributed by atoms with van der Waals surface area (Å²) in [6, 6.07) is 0. The molecule has 0 radical (unpaired) electrons. The third kappa shape index (κ3) is 1.25. The molecule has 0 aliphatic carbocycles. The van der Waals surface area contributed by atoms with Crippen molar-refractivity contribution in [2.75, 3.05) is 14.1 Å². The zero-order chi connectivity index (χ0) is 8.59. The minimum Gasteiger partial charge on any atom is -0.336 e. The van der Waals surface area contributed by atoms with Gasteiger partial charge >= 0.3 is 0 Å². The SMILES string of the molecule is CC1=CN(C)C(=C(C)C)N1C. The van der Waals surface area contributed by atoms with Crippen molar-refractivity contribution in [3.63, 3.8) is 0 Å². The molecule has 1 aliphatic rings. The van der Waals surface area contributed by atoms with Crippen molar-refractivity contribution in [3.05, 3.63) is 23.3 Å². The molecule has 0 aromatic carbocycles. The molecule has 0 saturated heterocycles. The Morgan fingerprint density at radius 2 is 1.82 bits per heavy atom. The lowest BCUT2D eigenvalue weighted by Gasteiger charge is -2.21. The molecular formula is C9H16N2. The molecule has 2 heteroatoms. The first kappa shape index (κ1) is 8.18. The van der Waals surface area contributed by atoms with Gasteiger partial charge in [0.05, 0.1) is 0 Å². The molecule has 0 amide bonds. The molecule has 62 valence electrons. The van der Waals surface area contributed by atoms with Crippen LogP contribution >= 0.6 is 0 Å². The molecule has 2 nitrogen and oxygen atoms in total. The summed E-state index contributed by atoms with van der Waals surface area (Å²) in [4.78, 5) is 4.36. The van der Waals surface area contributed by atoms with Crippen LogP contribution in [0.5, 0.6) is 0 Å². The minimum atomic E-state index is 1.29. The third-order valence-corrected chi connectivity index (χ3v) is 2.01. The minimum absolute atomic E-state index is 1.29. The summed E-state index contributed by atoms with van der Waals surface area (Å²) < 4.78 is 0. The molecule has 1 heterocycles. The summed E-state index contributed by atoms with van der Waals surface area (Å²) >= 11 is 0. The normalized spacial score (nSPS) is 17.5. The fourth-order valence-corrected chi connectivity index (χ4v) is 1.52. The Morgan fingerprint density at radius 1 is 1.27 bits per heavy atom. The van der Waals surface area contributed by atoms with Crippen molar-refractivity contribution < 1.29 is 0 Å². The van der Waals surface area contributed by atoms with Gasteiger partial charge in [-0.05, 0) is 26.3 Å². The van der Waals surface area contributed by atoms with Crippen LogP contribution in [0.25, 0.3) is 0 Å². The van der Waals surface area contributed by atoms with Crippen LogP contribution in [0, 0.1) is 0 Å². The zero-order valence-electron chi connectivity index (χ0n) is 7.97. The van der Waals surface area contributed by atoms with Crippen LogP contribution in [0.4, 0.5) is 0 Å². The summed E-state index contributed by atoms with van der Waals surface area (Å²) in [6.45, 7) is 6.38. The van der Waals surface area contributed by atoms with E-state index >= 15 is 0 Å². The molecule has 0 saturated carbocycles. The fraction of sp³-hybridized carbons (Fsp3) is 0.556. The van der Waals surface area contributed by atoms with E-state index in [1.165, 1.54) is 17.1 Å². The maximum Gasteiger partial charge on any atom is 0.110 e. The van der Waals surface area contributed by atoms with E-state index in [9.17, 15) is 0 Å². The number of hydrogen-bond donors (Lipinski definition) is 0. The lowest BCUT2D eigenvalue weighted by molar-refractivity contribution is 0.425. The van der Waals surface area contributed by atoms with Crippen molar-refractivity contribution in [1.29, 1.82) is 0 Å². The summed E-state index contributed by atoms with van der Waals surface area (Å²) in [7, 11) is 4.17. The van der Waals surface area contributed by atoms with E-state index < -0.39 is 0 Å². The van der Waals surface area contributed by atoms with E-state index in [-0.39, 0.29) is 0 Å². The number of rotatable bonds is 0. The average Bonchev–Trinajstić information content (AvgIpc) is 2.07. The van der Waals surface area contributed by atoms with E-state index in [1.807, 2.05) is 0 Å². The highest BCUT2D eigenvalue weighted by Crippen LogP contribution is 2.24. The zero-order valence-corrected chi connectivity index (χ0v) is 7.97. The number of nitrogens with zero attached hydrogens (tertiary/aromatic N) is 2. The molecule has 0 aromatic heterocycles. The molecule has 1 rings (SSSR count). The highest BCUT2D eigenvalue weighted by Gasteiger charge is 2.18. The van der Waals surface area contributed by atoms with Gasteiger partial charge in [-0.2, -0.15) is 0 Å². The van der Waals surface area contributed by atoms with Crippen LogP contribution in [-0.2, 0) is 0 Å². The molecule has 0 atom stereocenters. The van der Waals surface area contributed by atoms with Gasteiger partial charge in [0, 0.05) is 26.0 Å².